The molecule has 0 atom stereocenters. The van der Waals surface area contributed by atoms with Crippen molar-refractivity contribution >= 4 is 11.6 Å². The van der Waals surface area contributed by atoms with Crippen LogP contribution in [0.5, 0.6) is 5.75 Å². The van der Waals surface area contributed by atoms with Crippen molar-refractivity contribution in [3.05, 3.63) is 86.7 Å². The fourth-order valence-electron chi connectivity index (χ4n) is 3.47. The number of hydrogen-bond acceptors (Lipinski definition) is 5. The van der Waals surface area contributed by atoms with Crippen LogP contribution in [-0.2, 0) is 13.0 Å². The Balaban J connectivity index is 1.53. The molecule has 1 N–H and O–H groups in total. The van der Waals surface area contributed by atoms with Crippen LogP contribution in [0.2, 0.25) is 0 Å². The molecule has 3 aromatic rings. The lowest BCUT2D eigenvalue weighted by molar-refractivity contribution is -0.386. The van der Waals surface area contributed by atoms with E-state index in [9.17, 15) is 14.9 Å². The Bertz CT molecular complexity index is 1090. The minimum absolute atomic E-state index is 0.0445. The fraction of sp³-hybridized carbons (Fsp3) is 0.333. The van der Waals surface area contributed by atoms with Gasteiger partial charge < -0.3 is 10.1 Å². The number of rotatable bonds is 9. The molecule has 1 amide bonds. The fourth-order valence-corrected chi connectivity index (χ4v) is 3.47. The molecule has 1 heterocycles. The van der Waals surface area contributed by atoms with Crippen molar-refractivity contribution in [2.75, 3.05) is 6.54 Å². The van der Waals surface area contributed by atoms with Crippen LogP contribution in [0.1, 0.15) is 46.7 Å². The molecule has 2 aromatic carbocycles. The molecule has 8 nitrogen and oxygen atoms in total. The van der Waals surface area contributed by atoms with Gasteiger partial charge in [0.2, 0.25) is 0 Å². The number of aryl methyl sites for hydroxylation is 1. The summed E-state index contributed by atoms with van der Waals surface area (Å²) in [7, 11) is 0. The van der Waals surface area contributed by atoms with Crippen molar-refractivity contribution in [2.24, 2.45) is 0 Å². The molecule has 0 aliphatic rings. The topological polar surface area (TPSA) is 99.3 Å². The lowest BCUT2D eigenvalue weighted by Crippen LogP contribution is -2.25. The largest absolute Gasteiger partial charge is 0.491 e. The summed E-state index contributed by atoms with van der Waals surface area (Å²) in [4.78, 5) is 23.2. The van der Waals surface area contributed by atoms with Crippen molar-refractivity contribution < 1.29 is 14.5 Å². The number of nitrogens with zero attached hydrogens (tertiary/aromatic N) is 3. The molecule has 0 saturated carbocycles. The summed E-state index contributed by atoms with van der Waals surface area (Å²) in [6, 6.07) is 15.1. The van der Waals surface area contributed by atoms with Gasteiger partial charge in [-0.2, -0.15) is 5.10 Å². The zero-order valence-corrected chi connectivity index (χ0v) is 18.8. The number of nitrogens with one attached hydrogen (secondary N) is 1. The number of hydrogen-bond donors (Lipinski definition) is 1. The summed E-state index contributed by atoms with van der Waals surface area (Å²) < 4.78 is 7.25. The van der Waals surface area contributed by atoms with E-state index in [-0.39, 0.29) is 17.7 Å². The van der Waals surface area contributed by atoms with Crippen LogP contribution in [0.3, 0.4) is 0 Å². The predicted molar refractivity (Wildman–Crippen MR) is 122 cm³/mol. The van der Waals surface area contributed by atoms with E-state index >= 15 is 0 Å². The molecule has 0 aliphatic heterocycles. The Labute approximate surface area is 187 Å². The Hall–Kier alpha value is -3.68. The van der Waals surface area contributed by atoms with Gasteiger partial charge in [0.05, 0.1) is 17.6 Å². The number of carbonyl (C=O) groups excluding carboxylic acids is 1. The van der Waals surface area contributed by atoms with Gasteiger partial charge in [-0.1, -0.05) is 24.3 Å². The second-order valence-corrected chi connectivity index (χ2v) is 7.95. The molecule has 0 saturated heterocycles. The molecule has 1 aromatic heterocycles. The molecule has 3 rings (SSSR count). The van der Waals surface area contributed by atoms with Crippen molar-refractivity contribution in [1.29, 1.82) is 0 Å². The third-order valence-electron chi connectivity index (χ3n) is 5.07. The van der Waals surface area contributed by atoms with E-state index < -0.39 is 4.92 Å². The monoisotopic (exact) mass is 436 g/mol. The average molecular weight is 437 g/mol. The molecule has 0 aliphatic carbocycles. The molecule has 8 heteroatoms. The summed E-state index contributed by atoms with van der Waals surface area (Å²) in [6.07, 6.45) is 0.861. The third kappa shape index (κ3) is 5.72. The van der Waals surface area contributed by atoms with Crippen molar-refractivity contribution in [1.82, 2.24) is 15.1 Å². The lowest BCUT2D eigenvalue weighted by atomic mass is 10.1. The standard InChI is InChI=1S/C24H28N4O4/c1-16(2)32-22-11-7-19(8-12-22)13-14-25-24(29)21-9-5-20(6-10-21)15-27-18(4)23(28(30)31)17(3)26-27/h5-12,16H,13-15H2,1-4H3,(H,25,29). The highest BCUT2D eigenvalue weighted by atomic mass is 16.6. The Morgan fingerprint density at radius 2 is 1.72 bits per heavy atom. The van der Waals surface area contributed by atoms with Crippen LogP contribution < -0.4 is 10.1 Å². The van der Waals surface area contributed by atoms with Gasteiger partial charge in [0.1, 0.15) is 17.1 Å². The quantitative estimate of drug-likeness (QED) is 0.400. The predicted octanol–water partition coefficient (Wildman–Crippen LogP) is 4.22. The van der Waals surface area contributed by atoms with Crippen molar-refractivity contribution in [3.8, 4) is 5.75 Å². The highest BCUT2D eigenvalue weighted by Gasteiger charge is 2.21. The van der Waals surface area contributed by atoms with Crippen LogP contribution in [0.25, 0.3) is 0 Å². The first-order valence-corrected chi connectivity index (χ1v) is 10.6. The smallest absolute Gasteiger partial charge is 0.312 e. The number of carbonyl (C=O) groups is 1. The van der Waals surface area contributed by atoms with E-state index in [1.165, 1.54) is 0 Å². The molecule has 0 fully saturated rings. The minimum Gasteiger partial charge on any atom is -0.491 e. The highest BCUT2D eigenvalue weighted by molar-refractivity contribution is 5.94. The van der Waals surface area contributed by atoms with Crippen LogP contribution in [0.15, 0.2) is 48.5 Å². The summed E-state index contributed by atoms with van der Waals surface area (Å²) in [5.41, 5.74) is 3.54. The van der Waals surface area contributed by atoms with Gasteiger partial charge in [-0.15, -0.1) is 0 Å². The maximum Gasteiger partial charge on any atom is 0.312 e. The van der Waals surface area contributed by atoms with Crippen LogP contribution in [0, 0.1) is 24.0 Å². The maximum absolute atomic E-state index is 12.4. The highest BCUT2D eigenvalue weighted by Crippen LogP contribution is 2.22. The normalized spacial score (nSPS) is 10.9. The Kier molecular flexibility index (Phi) is 7.25. The number of aromatic nitrogens is 2. The SMILES string of the molecule is Cc1nn(Cc2ccc(C(=O)NCCc3ccc(OC(C)C)cc3)cc2)c(C)c1[N+](=O)[O-]. The van der Waals surface area contributed by atoms with E-state index in [0.29, 0.717) is 30.0 Å². The summed E-state index contributed by atoms with van der Waals surface area (Å²) in [5.74, 6) is 0.695. The van der Waals surface area contributed by atoms with Gasteiger partial charge in [-0.3, -0.25) is 19.6 Å². The van der Waals surface area contributed by atoms with Crippen LogP contribution in [-0.4, -0.2) is 33.3 Å². The summed E-state index contributed by atoms with van der Waals surface area (Å²) in [5, 5.41) is 18.4. The molecule has 0 spiro atoms. The zero-order chi connectivity index (χ0) is 23.3. The first-order chi connectivity index (χ1) is 15.2. The second-order valence-electron chi connectivity index (χ2n) is 7.95. The molecular weight excluding hydrogens is 408 g/mol. The first kappa shape index (κ1) is 23.0. The summed E-state index contributed by atoms with van der Waals surface area (Å²) in [6.45, 7) is 8.22. The molecule has 0 bridgehead atoms. The van der Waals surface area contributed by atoms with Gasteiger partial charge in [0.25, 0.3) is 5.91 Å². The number of nitro groups is 1. The number of benzene rings is 2. The Morgan fingerprint density at radius 3 is 2.28 bits per heavy atom. The molecule has 32 heavy (non-hydrogen) atoms. The third-order valence-corrected chi connectivity index (χ3v) is 5.07. The second kappa shape index (κ2) is 10.1. The van der Waals surface area contributed by atoms with Crippen LogP contribution in [0.4, 0.5) is 5.69 Å². The zero-order valence-electron chi connectivity index (χ0n) is 18.8. The minimum atomic E-state index is -0.407. The lowest BCUT2D eigenvalue weighted by Gasteiger charge is -2.10. The molecular formula is C24H28N4O4. The Morgan fingerprint density at radius 1 is 1.09 bits per heavy atom. The van der Waals surface area contributed by atoms with Gasteiger partial charge >= 0.3 is 5.69 Å². The van der Waals surface area contributed by atoms with E-state index in [4.69, 9.17) is 4.74 Å². The van der Waals surface area contributed by atoms with Crippen molar-refractivity contribution in [2.45, 2.75) is 46.8 Å². The van der Waals surface area contributed by atoms with Crippen LogP contribution >= 0.6 is 0 Å². The van der Waals surface area contributed by atoms with Crippen molar-refractivity contribution in [3.63, 3.8) is 0 Å². The first-order valence-electron chi connectivity index (χ1n) is 10.6. The van der Waals surface area contributed by atoms with E-state index in [1.807, 2.05) is 50.2 Å². The maximum atomic E-state index is 12.4. The average Bonchev–Trinajstić information content (AvgIpc) is 3.02. The van der Waals surface area contributed by atoms with E-state index in [1.54, 1.807) is 30.7 Å². The molecule has 168 valence electrons. The van der Waals surface area contributed by atoms with Gasteiger partial charge in [0, 0.05) is 12.1 Å². The number of amides is 1. The molecule has 0 radical (unpaired) electrons. The number of ether oxygens (including phenoxy) is 1. The summed E-state index contributed by atoms with van der Waals surface area (Å²) >= 11 is 0. The van der Waals surface area contributed by atoms with E-state index in [0.717, 1.165) is 23.3 Å². The van der Waals surface area contributed by atoms with Gasteiger partial charge in [-0.05, 0) is 69.5 Å². The van der Waals surface area contributed by atoms with Gasteiger partial charge in [0.15, 0.2) is 0 Å². The van der Waals surface area contributed by atoms with Gasteiger partial charge in [-0.25, -0.2) is 0 Å². The van der Waals surface area contributed by atoms with E-state index in [2.05, 4.69) is 10.4 Å². The molecule has 0 unspecified atom stereocenters.